The van der Waals surface area contributed by atoms with Gasteiger partial charge in [0, 0.05) is 37.1 Å². The predicted molar refractivity (Wildman–Crippen MR) is 117 cm³/mol. The van der Waals surface area contributed by atoms with Gasteiger partial charge in [0.15, 0.2) is 10.9 Å². The van der Waals surface area contributed by atoms with Gasteiger partial charge in [-0.2, -0.15) is 0 Å². The fourth-order valence-corrected chi connectivity index (χ4v) is 3.52. The fourth-order valence-electron chi connectivity index (χ4n) is 3.14. The van der Waals surface area contributed by atoms with Crippen LogP contribution in [0.25, 0.3) is 0 Å². The lowest BCUT2D eigenvalue weighted by Gasteiger charge is -2.37. The smallest absolute Gasteiger partial charge is 0.293 e. The minimum Gasteiger partial charge on any atom is -0.459 e. The lowest BCUT2D eigenvalue weighted by molar-refractivity contribution is -0.134. The molecule has 2 amide bonds. The van der Waals surface area contributed by atoms with Crippen molar-refractivity contribution in [2.75, 3.05) is 36.4 Å². The molecule has 0 radical (unpaired) electrons. The molecule has 0 atom stereocenters. The Morgan fingerprint density at radius 2 is 1.90 bits per heavy atom. The Morgan fingerprint density at radius 1 is 1.17 bits per heavy atom. The number of nitrogens with one attached hydrogen (secondary N) is 2. The molecule has 9 heteroatoms. The normalized spacial score (nSPS) is 14.1. The zero-order valence-corrected chi connectivity index (χ0v) is 17.8. The number of nitrogens with zero attached hydrogens (tertiary/aromatic N) is 2. The highest BCUT2D eigenvalue weighted by molar-refractivity contribution is 7.80. The second-order valence-corrected chi connectivity index (χ2v) is 7.86. The molecule has 3 rings (SSSR count). The Bertz CT molecular complexity index is 893. The maximum absolute atomic E-state index is 12.2. The predicted octanol–water partition coefficient (Wildman–Crippen LogP) is 3.36. The van der Waals surface area contributed by atoms with Gasteiger partial charge in [0.25, 0.3) is 5.91 Å². The number of rotatable bonds is 4. The molecule has 7 nitrogen and oxygen atoms in total. The molecule has 1 fully saturated rings. The van der Waals surface area contributed by atoms with Gasteiger partial charge in [-0.1, -0.05) is 25.4 Å². The number of piperazine rings is 1. The Morgan fingerprint density at radius 3 is 2.52 bits per heavy atom. The monoisotopic (exact) mass is 434 g/mol. The van der Waals surface area contributed by atoms with Crippen molar-refractivity contribution in [3.8, 4) is 0 Å². The lowest BCUT2D eigenvalue weighted by Crippen LogP contribution is -2.50. The van der Waals surface area contributed by atoms with Crippen LogP contribution in [0.4, 0.5) is 11.4 Å². The summed E-state index contributed by atoms with van der Waals surface area (Å²) in [5, 5.41) is 6.32. The topological polar surface area (TPSA) is 77.8 Å². The van der Waals surface area contributed by atoms with Crippen molar-refractivity contribution in [2.24, 2.45) is 5.92 Å². The van der Waals surface area contributed by atoms with Crippen LogP contribution in [0.5, 0.6) is 0 Å². The Labute approximate surface area is 180 Å². The van der Waals surface area contributed by atoms with Crippen LogP contribution >= 0.6 is 23.8 Å². The van der Waals surface area contributed by atoms with E-state index in [0.717, 1.165) is 5.69 Å². The molecule has 29 heavy (non-hydrogen) atoms. The number of anilines is 2. The van der Waals surface area contributed by atoms with E-state index in [1.807, 2.05) is 24.8 Å². The molecule has 2 aromatic rings. The van der Waals surface area contributed by atoms with E-state index in [4.69, 9.17) is 28.2 Å². The second kappa shape index (κ2) is 9.28. The summed E-state index contributed by atoms with van der Waals surface area (Å²) in [6.07, 6.45) is 1.42. The first-order chi connectivity index (χ1) is 13.8. The summed E-state index contributed by atoms with van der Waals surface area (Å²) >= 11 is 11.4. The molecule has 2 heterocycles. The zero-order chi connectivity index (χ0) is 21.0. The van der Waals surface area contributed by atoms with Crippen LogP contribution in [-0.4, -0.2) is 48.0 Å². The summed E-state index contributed by atoms with van der Waals surface area (Å²) in [4.78, 5) is 28.4. The fraction of sp³-hybridized carbons (Fsp3) is 0.350. The quantitative estimate of drug-likeness (QED) is 0.718. The molecule has 0 bridgehead atoms. The van der Waals surface area contributed by atoms with Crippen molar-refractivity contribution in [2.45, 2.75) is 13.8 Å². The van der Waals surface area contributed by atoms with Gasteiger partial charge in [-0.3, -0.25) is 14.9 Å². The third-order valence-electron chi connectivity index (χ3n) is 4.60. The standard InChI is InChI=1S/C20H23ClN4O3S/c1-13(2)19(27)25-9-7-24(8-10-25)16-6-5-14(21)12-15(16)22-20(29)23-18(26)17-4-3-11-28-17/h3-6,11-13H,7-10H2,1-2H3,(H2,22,23,26,29). The van der Waals surface area contributed by atoms with E-state index in [1.54, 1.807) is 24.3 Å². The maximum atomic E-state index is 12.2. The molecule has 0 aliphatic carbocycles. The first kappa shape index (κ1) is 21.1. The largest absolute Gasteiger partial charge is 0.459 e. The number of hydrogen-bond acceptors (Lipinski definition) is 5. The molecule has 1 aromatic heterocycles. The van der Waals surface area contributed by atoms with Crippen LogP contribution in [0.1, 0.15) is 24.4 Å². The van der Waals surface area contributed by atoms with E-state index in [9.17, 15) is 9.59 Å². The SMILES string of the molecule is CC(C)C(=O)N1CCN(c2ccc(Cl)cc2NC(=S)NC(=O)c2ccco2)CC1. The highest BCUT2D eigenvalue weighted by atomic mass is 35.5. The molecule has 1 aliphatic heterocycles. The Hall–Kier alpha value is -2.58. The Kier molecular flexibility index (Phi) is 6.76. The minimum atomic E-state index is -0.433. The number of carbonyl (C=O) groups is 2. The van der Waals surface area contributed by atoms with Gasteiger partial charge in [-0.25, -0.2) is 0 Å². The molecule has 2 N–H and O–H groups in total. The third kappa shape index (κ3) is 5.27. The number of carbonyl (C=O) groups excluding carboxylic acids is 2. The molecule has 1 aromatic carbocycles. The number of furan rings is 1. The van der Waals surface area contributed by atoms with Crippen molar-refractivity contribution in [3.05, 3.63) is 47.4 Å². The molecule has 1 aliphatic rings. The summed E-state index contributed by atoms with van der Waals surface area (Å²) in [6.45, 7) is 6.51. The summed E-state index contributed by atoms with van der Waals surface area (Å²) in [5.41, 5.74) is 1.59. The van der Waals surface area contributed by atoms with Crippen LogP contribution in [0.15, 0.2) is 41.0 Å². The summed E-state index contributed by atoms with van der Waals surface area (Å²) in [7, 11) is 0. The molecule has 0 saturated carbocycles. The van der Waals surface area contributed by atoms with Gasteiger partial charge in [0.1, 0.15) is 0 Å². The van der Waals surface area contributed by atoms with Crippen LogP contribution in [0.2, 0.25) is 5.02 Å². The van der Waals surface area contributed by atoms with Crippen LogP contribution < -0.4 is 15.5 Å². The van der Waals surface area contributed by atoms with Crippen LogP contribution in [0.3, 0.4) is 0 Å². The van der Waals surface area contributed by atoms with Gasteiger partial charge in [-0.05, 0) is 42.5 Å². The highest BCUT2D eigenvalue weighted by Gasteiger charge is 2.24. The van der Waals surface area contributed by atoms with E-state index in [2.05, 4.69) is 15.5 Å². The van der Waals surface area contributed by atoms with Gasteiger partial charge in [0.05, 0.1) is 17.6 Å². The Balaban J connectivity index is 1.68. The van der Waals surface area contributed by atoms with E-state index in [1.165, 1.54) is 6.26 Å². The average molecular weight is 435 g/mol. The van der Waals surface area contributed by atoms with Crippen LogP contribution in [-0.2, 0) is 4.79 Å². The van der Waals surface area contributed by atoms with E-state index >= 15 is 0 Å². The van der Waals surface area contributed by atoms with Crippen molar-refractivity contribution in [3.63, 3.8) is 0 Å². The van der Waals surface area contributed by atoms with Gasteiger partial charge in [0.2, 0.25) is 5.91 Å². The van der Waals surface area contributed by atoms with Crippen molar-refractivity contribution in [1.29, 1.82) is 0 Å². The van der Waals surface area contributed by atoms with E-state index in [0.29, 0.717) is 36.9 Å². The maximum Gasteiger partial charge on any atom is 0.293 e. The number of amides is 2. The first-order valence-electron chi connectivity index (χ1n) is 9.34. The van der Waals surface area contributed by atoms with E-state index in [-0.39, 0.29) is 22.7 Å². The van der Waals surface area contributed by atoms with Crippen LogP contribution in [0, 0.1) is 5.92 Å². The molecular formula is C20H23ClN4O3S. The summed E-state index contributed by atoms with van der Waals surface area (Å²) in [5.74, 6) is -0.103. The average Bonchev–Trinajstić information content (AvgIpc) is 3.22. The summed E-state index contributed by atoms with van der Waals surface area (Å²) in [6, 6.07) is 8.65. The van der Waals surface area contributed by atoms with Gasteiger partial charge >= 0.3 is 0 Å². The number of thiocarbonyl (C=S) groups is 1. The molecule has 0 spiro atoms. The lowest BCUT2D eigenvalue weighted by atomic mass is 10.1. The van der Waals surface area contributed by atoms with Gasteiger partial charge < -0.3 is 19.5 Å². The zero-order valence-electron chi connectivity index (χ0n) is 16.3. The molecular weight excluding hydrogens is 412 g/mol. The molecule has 154 valence electrons. The number of benzene rings is 1. The van der Waals surface area contributed by atoms with Crippen molar-refractivity contribution in [1.82, 2.24) is 10.2 Å². The number of hydrogen-bond donors (Lipinski definition) is 2. The minimum absolute atomic E-state index is 0.00976. The van der Waals surface area contributed by atoms with Crippen molar-refractivity contribution >= 4 is 52.1 Å². The first-order valence-corrected chi connectivity index (χ1v) is 10.1. The highest BCUT2D eigenvalue weighted by Crippen LogP contribution is 2.30. The molecule has 1 saturated heterocycles. The third-order valence-corrected chi connectivity index (χ3v) is 5.04. The number of halogens is 1. The summed E-state index contributed by atoms with van der Waals surface area (Å²) < 4.78 is 5.07. The molecule has 0 unspecified atom stereocenters. The van der Waals surface area contributed by atoms with E-state index < -0.39 is 5.91 Å². The van der Waals surface area contributed by atoms with Crippen molar-refractivity contribution < 1.29 is 14.0 Å². The second-order valence-electron chi connectivity index (χ2n) is 7.01. The van der Waals surface area contributed by atoms with Gasteiger partial charge in [-0.15, -0.1) is 0 Å².